The van der Waals surface area contributed by atoms with Gasteiger partial charge in [0.25, 0.3) is 0 Å². The zero-order valence-corrected chi connectivity index (χ0v) is 14.7. The van der Waals surface area contributed by atoms with E-state index in [4.69, 9.17) is 27.9 Å². The molecule has 0 amide bonds. The van der Waals surface area contributed by atoms with E-state index in [-0.39, 0.29) is 12.1 Å². The Labute approximate surface area is 146 Å². The molecule has 1 aromatic heterocycles. The molecule has 0 bridgehead atoms. The summed E-state index contributed by atoms with van der Waals surface area (Å²) < 4.78 is 7.05. The average Bonchev–Trinajstić information content (AvgIpc) is 2.81. The molecule has 0 saturated carbocycles. The summed E-state index contributed by atoms with van der Waals surface area (Å²) in [5, 5.41) is 0.883. The quantitative estimate of drug-likeness (QED) is 0.632. The molecular weight excluding hydrogens is 422 g/mol. The molecule has 1 aromatic carbocycles. The largest absolute Gasteiger partial charge is 0.472 e. The highest BCUT2D eigenvalue weighted by Crippen LogP contribution is 2.34. The first-order chi connectivity index (χ1) is 10.1. The maximum atomic E-state index is 6.16. The molecule has 0 radical (unpaired) electrons. The monoisotopic (exact) mass is 432 g/mol. The van der Waals surface area contributed by atoms with Gasteiger partial charge < -0.3 is 4.74 Å². The van der Waals surface area contributed by atoms with Crippen molar-refractivity contribution in [3.05, 3.63) is 61.4 Å². The summed E-state index contributed by atoms with van der Waals surface area (Å²) in [7, 11) is 0. The molecule has 2 atom stereocenters. The Hall–Kier alpha value is -0.850. The van der Waals surface area contributed by atoms with E-state index >= 15 is 0 Å². The van der Waals surface area contributed by atoms with E-state index < -0.39 is 0 Å². The van der Waals surface area contributed by atoms with Crippen LogP contribution in [0.3, 0.4) is 0 Å². The maximum Gasteiger partial charge on any atom is 0.220 e. The molecule has 6 heteroatoms. The molecule has 2 aromatic rings. The van der Waals surface area contributed by atoms with Crippen molar-refractivity contribution >= 4 is 51.7 Å². The van der Waals surface area contributed by atoms with Crippen molar-refractivity contribution in [2.45, 2.75) is 19.1 Å². The molecule has 3 nitrogen and oxygen atoms in total. The molecule has 21 heavy (non-hydrogen) atoms. The van der Waals surface area contributed by atoms with Gasteiger partial charge in [-0.1, -0.05) is 35.3 Å². The summed E-state index contributed by atoms with van der Waals surface area (Å²) in [5.41, 5.74) is 1.72. The third-order valence-electron chi connectivity index (χ3n) is 3.28. The summed E-state index contributed by atoms with van der Waals surface area (Å²) >= 11 is 14.6. The number of hydrogen-bond acceptors (Lipinski definition) is 3. The Kier molecular flexibility index (Phi) is 4.38. The van der Waals surface area contributed by atoms with Crippen molar-refractivity contribution in [3.63, 3.8) is 0 Å². The summed E-state index contributed by atoms with van der Waals surface area (Å²) in [6, 6.07) is 8.19. The highest BCUT2D eigenvalue weighted by molar-refractivity contribution is 14.1. The average molecular weight is 433 g/mol. The Balaban J connectivity index is 1.99. The van der Waals surface area contributed by atoms with E-state index in [1.165, 1.54) is 16.0 Å². The van der Waals surface area contributed by atoms with Crippen LogP contribution in [0, 0.1) is 3.57 Å². The fraction of sp³-hybridized carbons (Fsp3) is 0.200. The summed E-state index contributed by atoms with van der Waals surface area (Å²) in [6.07, 6.45) is 3.01. The first kappa shape index (κ1) is 15.1. The fourth-order valence-electron chi connectivity index (χ4n) is 2.25. The Morgan fingerprint density at radius 2 is 1.71 bits per heavy atom. The number of aromatic nitrogens is 1. The van der Waals surface area contributed by atoms with Gasteiger partial charge in [0.15, 0.2) is 0 Å². The first-order valence-corrected chi connectivity index (χ1v) is 8.19. The number of ether oxygens (including phenoxy) is 1. The van der Waals surface area contributed by atoms with Gasteiger partial charge in [-0.3, -0.25) is 4.98 Å². The second kappa shape index (κ2) is 6.10. The van der Waals surface area contributed by atoms with Crippen LogP contribution in [-0.2, 0) is 4.74 Å². The Morgan fingerprint density at radius 1 is 1.10 bits per heavy atom. The Bertz CT molecular complexity index is 683. The highest BCUT2D eigenvalue weighted by Gasteiger charge is 2.31. The standard InChI is InChI=1S/C15H11Cl2IN2O/c1-8-14(9-2-4-10(18)5-3-9)20-15(21-8)13-11(16)6-19-7-12(13)17/h2-8,14H,1H3/t8-,14-/m1/s1. The van der Waals surface area contributed by atoms with Crippen LogP contribution in [0.2, 0.25) is 10.0 Å². The van der Waals surface area contributed by atoms with Crippen LogP contribution < -0.4 is 0 Å². The molecule has 0 unspecified atom stereocenters. The second-order valence-corrected chi connectivity index (χ2v) is 6.79. The van der Waals surface area contributed by atoms with Crippen LogP contribution in [0.15, 0.2) is 41.7 Å². The van der Waals surface area contributed by atoms with Gasteiger partial charge in [-0.15, -0.1) is 0 Å². The van der Waals surface area contributed by atoms with Gasteiger partial charge in [0, 0.05) is 16.0 Å². The van der Waals surface area contributed by atoms with Gasteiger partial charge in [0.1, 0.15) is 12.1 Å². The molecule has 0 saturated heterocycles. The van der Waals surface area contributed by atoms with Crippen LogP contribution in [0.1, 0.15) is 24.1 Å². The van der Waals surface area contributed by atoms with Crippen molar-refractivity contribution in [1.82, 2.24) is 4.98 Å². The zero-order chi connectivity index (χ0) is 15.0. The minimum atomic E-state index is -0.0691. The van der Waals surface area contributed by atoms with E-state index in [9.17, 15) is 0 Å². The van der Waals surface area contributed by atoms with Crippen molar-refractivity contribution in [2.75, 3.05) is 0 Å². The van der Waals surface area contributed by atoms with Crippen molar-refractivity contribution in [2.24, 2.45) is 4.99 Å². The predicted molar refractivity (Wildman–Crippen MR) is 93.2 cm³/mol. The van der Waals surface area contributed by atoms with Gasteiger partial charge in [-0.05, 0) is 47.2 Å². The van der Waals surface area contributed by atoms with Gasteiger partial charge in [0.2, 0.25) is 5.90 Å². The number of benzene rings is 1. The van der Waals surface area contributed by atoms with Gasteiger partial charge >= 0.3 is 0 Å². The van der Waals surface area contributed by atoms with Crippen molar-refractivity contribution in [1.29, 1.82) is 0 Å². The Morgan fingerprint density at radius 3 is 2.33 bits per heavy atom. The van der Waals surface area contributed by atoms with Crippen molar-refractivity contribution < 1.29 is 4.74 Å². The lowest BCUT2D eigenvalue weighted by molar-refractivity contribution is 0.214. The second-order valence-electron chi connectivity index (χ2n) is 4.73. The van der Waals surface area contributed by atoms with E-state index in [1.807, 2.05) is 6.92 Å². The third kappa shape index (κ3) is 3.03. The van der Waals surface area contributed by atoms with Crippen LogP contribution in [0.25, 0.3) is 0 Å². The normalized spacial score (nSPS) is 21.0. The first-order valence-electron chi connectivity index (χ1n) is 6.35. The lowest BCUT2D eigenvalue weighted by Crippen LogP contribution is -2.13. The van der Waals surface area contributed by atoms with Gasteiger partial charge in [-0.25, -0.2) is 4.99 Å². The summed E-state index contributed by atoms with van der Waals surface area (Å²) in [4.78, 5) is 8.60. The van der Waals surface area contributed by atoms with Crippen LogP contribution in [-0.4, -0.2) is 17.0 Å². The number of rotatable bonds is 2. The predicted octanol–water partition coefficient (Wildman–Crippen LogP) is 4.90. The van der Waals surface area contributed by atoms with E-state index in [0.717, 1.165) is 5.56 Å². The molecule has 0 fully saturated rings. The molecule has 1 aliphatic heterocycles. The third-order valence-corrected chi connectivity index (χ3v) is 4.57. The zero-order valence-electron chi connectivity index (χ0n) is 11.1. The number of nitrogens with zero attached hydrogens (tertiary/aromatic N) is 2. The number of halogens is 3. The molecule has 0 aliphatic carbocycles. The van der Waals surface area contributed by atoms with Crippen molar-refractivity contribution in [3.8, 4) is 0 Å². The molecule has 2 heterocycles. The van der Waals surface area contributed by atoms with Gasteiger partial charge in [-0.2, -0.15) is 0 Å². The minimum Gasteiger partial charge on any atom is -0.472 e. The van der Waals surface area contributed by atoms with E-state index in [2.05, 4.69) is 56.8 Å². The topological polar surface area (TPSA) is 34.5 Å². The fourth-order valence-corrected chi connectivity index (χ4v) is 3.13. The smallest absolute Gasteiger partial charge is 0.220 e. The van der Waals surface area contributed by atoms with Crippen LogP contribution >= 0.6 is 45.8 Å². The molecule has 108 valence electrons. The number of aliphatic imine (C=N–C) groups is 1. The van der Waals surface area contributed by atoms with Crippen LogP contribution in [0.5, 0.6) is 0 Å². The van der Waals surface area contributed by atoms with E-state index in [0.29, 0.717) is 21.5 Å². The molecule has 0 spiro atoms. The van der Waals surface area contributed by atoms with E-state index in [1.54, 1.807) is 0 Å². The minimum absolute atomic E-state index is 0.0581. The molecule has 0 N–H and O–H groups in total. The maximum absolute atomic E-state index is 6.16. The lowest BCUT2D eigenvalue weighted by Gasteiger charge is -2.13. The van der Waals surface area contributed by atoms with Gasteiger partial charge in [0.05, 0.1) is 15.6 Å². The molecule has 1 aliphatic rings. The SMILES string of the molecule is C[C@H]1OC(c2c(Cl)cncc2Cl)=N[C@H]1c1ccc(I)cc1. The summed E-state index contributed by atoms with van der Waals surface area (Å²) in [6.45, 7) is 1.99. The number of hydrogen-bond donors (Lipinski definition) is 0. The molecular formula is C15H11Cl2IN2O. The van der Waals surface area contributed by atoms with Crippen LogP contribution in [0.4, 0.5) is 0 Å². The summed E-state index contributed by atoms with van der Waals surface area (Å²) in [5.74, 6) is 0.475. The molecule has 3 rings (SSSR count). The highest BCUT2D eigenvalue weighted by atomic mass is 127. The number of pyridine rings is 1. The lowest BCUT2D eigenvalue weighted by atomic mass is 10.0.